The number of amides is 1. The van der Waals surface area contributed by atoms with E-state index in [1.807, 2.05) is 0 Å². The smallest absolute Gasteiger partial charge is 0.427 e. The highest BCUT2D eigenvalue weighted by Gasteiger charge is 2.51. The van der Waals surface area contributed by atoms with Gasteiger partial charge in [0.05, 0.1) is 28.4 Å². The van der Waals surface area contributed by atoms with Crippen molar-refractivity contribution in [3.8, 4) is 5.75 Å². The van der Waals surface area contributed by atoms with Crippen LogP contribution >= 0.6 is 11.6 Å². The number of sulfonamides is 2. The maximum absolute atomic E-state index is 13.5. The van der Waals surface area contributed by atoms with Gasteiger partial charge in [-0.15, -0.1) is 0 Å². The van der Waals surface area contributed by atoms with Gasteiger partial charge < -0.3 is 9.47 Å². The molecule has 1 atom stereocenters. The highest BCUT2D eigenvalue weighted by molar-refractivity contribution is 7.92. The quantitative estimate of drug-likeness (QED) is 0.459. The minimum atomic E-state index is -4.87. The summed E-state index contributed by atoms with van der Waals surface area (Å²) in [6, 6.07) is 6.00. The molecule has 0 aliphatic carbocycles. The number of carbonyl (C=O) groups is 1. The molecule has 0 saturated carbocycles. The summed E-state index contributed by atoms with van der Waals surface area (Å²) < 4.78 is 116. The number of nitrogens with one attached hydrogen (secondary N) is 2. The lowest BCUT2D eigenvalue weighted by atomic mass is 10.1. The Bertz CT molecular complexity index is 1430. The van der Waals surface area contributed by atoms with E-state index in [0.29, 0.717) is 13.8 Å². The average Bonchev–Trinajstić information content (AvgIpc) is 2.76. The molecular weight excluding hydrogens is 582 g/mol. The molecule has 0 radical (unpaired) electrons. The molecule has 17 heteroatoms. The molecule has 210 valence electrons. The van der Waals surface area contributed by atoms with Crippen molar-refractivity contribution in [3.05, 3.63) is 47.2 Å². The maximum atomic E-state index is 13.5. The normalized spacial score (nSPS) is 16.4. The van der Waals surface area contributed by atoms with Gasteiger partial charge in [0, 0.05) is 12.2 Å². The third kappa shape index (κ3) is 6.78. The second-order valence-corrected chi connectivity index (χ2v) is 12.8. The van der Waals surface area contributed by atoms with E-state index < -0.39 is 56.4 Å². The van der Waals surface area contributed by atoms with Crippen LogP contribution in [-0.4, -0.2) is 60.2 Å². The Labute approximate surface area is 221 Å². The van der Waals surface area contributed by atoms with E-state index in [-0.39, 0.29) is 33.6 Å². The van der Waals surface area contributed by atoms with Crippen LogP contribution in [0.15, 0.2) is 41.3 Å². The van der Waals surface area contributed by atoms with Gasteiger partial charge in [0.1, 0.15) is 11.9 Å². The molecule has 0 fully saturated rings. The molecule has 1 heterocycles. The highest BCUT2D eigenvalue weighted by atomic mass is 35.5. The van der Waals surface area contributed by atoms with E-state index in [1.165, 1.54) is 0 Å². The summed E-state index contributed by atoms with van der Waals surface area (Å²) in [7, 11) is -8.11. The highest BCUT2D eigenvalue weighted by Crippen LogP contribution is 2.44. The summed E-state index contributed by atoms with van der Waals surface area (Å²) >= 11 is 6.27. The van der Waals surface area contributed by atoms with Gasteiger partial charge in [-0.05, 0) is 50.2 Å². The van der Waals surface area contributed by atoms with Crippen LogP contribution in [0.1, 0.15) is 13.8 Å². The summed E-state index contributed by atoms with van der Waals surface area (Å²) in [4.78, 5) is 11.8. The maximum Gasteiger partial charge on any atom is 0.427 e. The first kappa shape index (κ1) is 29.7. The van der Waals surface area contributed by atoms with Crippen molar-refractivity contribution in [2.24, 2.45) is 0 Å². The average molecular weight is 604 g/mol. The van der Waals surface area contributed by atoms with Gasteiger partial charge in [0.15, 0.2) is 5.75 Å². The topological polar surface area (TPSA) is 131 Å². The van der Waals surface area contributed by atoms with Crippen LogP contribution in [0.5, 0.6) is 5.75 Å². The number of halogens is 5. The van der Waals surface area contributed by atoms with Crippen LogP contribution in [0.25, 0.3) is 0 Å². The summed E-state index contributed by atoms with van der Waals surface area (Å²) in [6.45, 7) is 0.493. The van der Waals surface area contributed by atoms with Crippen molar-refractivity contribution >= 4 is 49.1 Å². The first-order valence-corrected chi connectivity index (χ1v) is 14.3. The predicted octanol–water partition coefficient (Wildman–Crippen LogP) is 3.87. The molecule has 3 rings (SSSR count). The summed E-state index contributed by atoms with van der Waals surface area (Å²) in [5.74, 6) is -0.908. The number of alkyl halides is 3. The first-order valence-electron chi connectivity index (χ1n) is 10.6. The van der Waals surface area contributed by atoms with E-state index in [9.17, 15) is 39.2 Å². The van der Waals surface area contributed by atoms with E-state index >= 15 is 0 Å². The SMILES string of the molecule is CC(C)(OC(=O)Nc1cc(Cl)c2c(c1)N(S(=O)(=O)c1ccc(F)cc1)CC(CNS(C)(=O)=O)O2)C(F)(F)F. The van der Waals surface area contributed by atoms with Crippen molar-refractivity contribution in [2.75, 3.05) is 29.0 Å². The second-order valence-electron chi connectivity index (χ2n) is 8.68. The Morgan fingerprint density at radius 2 is 1.76 bits per heavy atom. The van der Waals surface area contributed by atoms with Crippen LogP contribution < -0.4 is 19.1 Å². The molecule has 2 aromatic rings. The molecule has 0 spiro atoms. The van der Waals surface area contributed by atoms with Crippen LogP contribution in [0, 0.1) is 5.82 Å². The third-order valence-electron chi connectivity index (χ3n) is 5.20. The molecule has 2 aromatic carbocycles. The molecule has 0 bridgehead atoms. The summed E-state index contributed by atoms with van der Waals surface area (Å²) in [5.41, 5.74) is -3.29. The van der Waals surface area contributed by atoms with Crippen LogP contribution in [0.2, 0.25) is 5.02 Å². The lowest BCUT2D eigenvalue weighted by Gasteiger charge is -2.36. The fourth-order valence-electron chi connectivity index (χ4n) is 3.19. The van der Waals surface area contributed by atoms with Gasteiger partial charge in [0.25, 0.3) is 10.0 Å². The van der Waals surface area contributed by atoms with Crippen LogP contribution in [0.4, 0.5) is 33.7 Å². The van der Waals surface area contributed by atoms with Gasteiger partial charge in [0.2, 0.25) is 15.6 Å². The molecule has 0 aromatic heterocycles. The number of hydrogen-bond acceptors (Lipinski definition) is 7. The molecule has 1 aliphatic heterocycles. The molecule has 1 unspecified atom stereocenters. The number of anilines is 2. The Kier molecular flexibility index (Phi) is 8.13. The Morgan fingerprint density at radius 1 is 1.16 bits per heavy atom. The molecule has 0 saturated heterocycles. The Morgan fingerprint density at radius 3 is 2.32 bits per heavy atom. The molecule has 10 nitrogen and oxygen atoms in total. The van der Waals surface area contributed by atoms with Crippen molar-refractivity contribution in [1.29, 1.82) is 0 Å². The molecular formula is C21H22ClF4N3O7S2. The van der Waals surface area contributed by atoms with Crippen molar-refractivity contribution in [2.45, 2.75) is 36.6 Å². The number of rotatable bonds is 7. The second kappa shape index (κ2) is 10.4. The monoisotopic (exact) mass is 603 g/mol. The fourth-order valence-corrected chi connectivity index (χ4v) is 5.42. The first-order chi connectivity index (χ1) is 17.3. The van der Waals surface area contributed by atoms with E-state index in [0.717, 1.165) is 47.0 Å². The van der Waals surface area contributed by atoms with Gasteiger partial charge in [-0.1, -0.05) is 11.6 Å². The zero-order chi connectivity index (χ0) is 28.7. The van der Waals surface area contributed by atoms with Gasteiger partial charge >= 0.3 is 12.3 Å². The minimum Gasteiger partial charge on any atom is -0.483 e. The zero-order valence-corrected chi connectivity index (χ0v) is 22.4. The number of hydrogen-bond donors (Lipinski definition) is 2. The minimum absolute atomic E-state index is 0.210. The standard InChI is InChI=1S/C21H22ClF4N3O7S2/c1-20(2,21(24,25)26)36-19(30)28-13-8-16(22)18-17(9-13)29(11-14(35-18)10-27-37(3,31)32)38(33,34)15-6-4-12(23)5-7-15/h4-9,14,27H,10-11H2,1-3H3,(H,28,30). The van der Waals surface area contributed by atoms with E-state index in [4.69, 9.17) is 16.3 Å². The molecule has 1 amide bonds. The van der Waals surface area contributed by atoms with Gasteiger partial charge in [-0.3, -0.25) is 9.62 Å². The lowest BCUT2D eigenvalue weighted by molar-refractivity contribution is -0.242. The zero-order valence-electron chi connectivity index (χ0n) is 20.0. The van der Waals surface area contributed by atoms with Crippen molar-refractivity contribution in [1.82, 2.24) is 4.72 Å². The number of benzene rings is 2. The number of carbonyl (C=O) groups excluding carboxylic acids is 1. The van der Waals surface area contributed by atoms with Crippen LogP contribution in [0.3, 0.4) is 0 Å². The number of nitrogens with zero attached hydrogens (tertiary/aromatic N) is 1. The number of ether oxygens (including phenoxy) is 2. The number of fused-ring (bicyclic) bond motifs is 1. The van der Waals surface area contributed by atoms with E-state index in [1.54, 1.807) is 0 Å². The van der Waals surface area contributed by atoms with Crippen molar-refractivity contribution in [3.63, 3.8) is 0 Å². The van der Waals surface area contributed by atoms with E-state index in [2.05, 4.69) is 14.8 Å². The van der Waals surface area contributed by atoms with Gasteiger partial charge in [-0.2, -0.15) is 13.2 Å². The molecule has 38 heavy (non-hydrogen) atoms. The fraction of sp³-hybridized carbons (Fsp3) is 0.381. The molecule has 1 aliphatic rings. The Hall–Kier alpha value is -2.82. The summed E-state index contributed by atoms with van der Waals surface area (Å²) in [5, 5.41) is 1.82. The largest absolute Gasteiger partial charge is 0.483 e. The summed E-state index contributed by atoms with van der Waals surface area (Å²) in [6.07, 6.45) is -6.55. The lowest BCUT2D eigenvalue weighted by Crippen LogP contribution is -2.48. The third-order valence-corrected chi connectivity index (χ3v) is 7.96. The molecule has 2 N–H and O–H groups in total. The predicted molar refractivity (Wildman–Crippen MR) is 130 cm³/mol. The van der Waals surface area contributed by atoms with Crippen molar-refractivity contribution < 1.29 is 48.7 Å². The van der Waals surface area contributed by atoms with Gasteiger partial charge in [-0.25, -0.2) is 30.7 Å². The van der Waals surface area contributed by atoms with Crippen LogP contribution in [-0.2, 0) is 24.8 Å². The Balaban J connectivity index is 2.02.